The topological polar surface area (TPSA) is 77.5 Å². The van der Waals surface area contributed by atoms with Gasteiger partial charge in [0, 0.05) is 5.56 Å². The number of ether oxygens (including phenoxy) is 1. The maximum atomic E-state index is 11.8. The van der Waals surface area contributed by atoms with Crippen molar-refractivity contribution in [3.63, 3.8) is 0 Å². The van der Waals surface area contributed by atoms with Crippen molar-refractivity contribution in [2.45, 2.75) is 17.7 Å². The third-order valence-corrected chi connectivity index (χ3v) is 4.78. The van der Waals surface area contributed by atoms with E-state index in [1.165, 1.54) is 18.2 Å². The van der Waals surface area contributed by atoms with Gasteiger partial charge in [-0.3, -0.25) is 4.79 Å². The first-order valence-electron chi connectivity index (χ1n) is 5.44. The monoisotopic (exact) mass is 268 g/mol. The first kappa shape index (κ1) is 12.8. The van der Waals surface area contributed by atoms with Crippen LogP contribution in [0.2, 0.25) is 0 Å². The fraction of sp³-hybridized carbons (Fsp3) is 0.333. The molecule has 0 radical (unpaired) electrons. The van der Waals surface area contributed by atoms with Crippen molar-refractivity contribution in [3.8, 4) is 0 Å². The molecular formula is C12H12O5S. The van der Waals surface area contributed by atoms with E-state index >= 15 is 0 Å². The van der Waals surface area contributed by atoms with Gasteiger partial charge in [-0.25, -0.2) is 13.2 Å². The van der Waals surface area contributed by atoms with Gasteiger partial charge in [-0.15, -0.1) is 0 Å². The minimum Gasteiger partial charge on any atom is -0.463 e. The van der Waals surface area contributed by atoms with E-state index in [0.717, 1.165) is 7.11 Å². The number of methoxy groups -OCH3 is 1. The van der Waals surface area contributed by atoms with Crippen LogP contribution >= 0.6 is 0 Å². The summed E-state index contributed by atoms with van der Waals surface area (Å²) in [6, 6.07) is 4.20. The molecule has 0 saturated carbocycles. The van der Waals surface area contributed by atoms with Crippen LogP contribution in [0.1, 0.15) is 22.3 Å². The number of benzene rings is 1. The molecule has 1 aromatic rings. The summed E-state index contributed by atoms with van der Waals surface area (Å²) in [7, 11) is -2.11. The van der Waals surface area contributed by atoms with Crippen LogP contribution in [-0.2, 0) is 25.8 Å². The highest BCUT2D eigenvalue weighted by molar-refractivity contribution is 7.91. The van der Waals surface area contributed by atoms with Gasteiger partial charge in [0.2, 0.25) is 0 Å². The standard InChI is InChI=1S/C12H12O5S/c1-17-12(14)11(13)9-4-5-10-8(7-9)3-2-6-18(10,15)16/h4-5,7H,2-3,6H2,1H3. The minimum atomic E-state index is -3.24. The van der Waals surface area contributed by atoms with Gasteiger partial charge in [-0.05, 0) is 36.6 Å². The molecule has 0 bridgehead atoms. The van der Waals surface area contributed by atoms with Crippen LogP contribution in [0.5, 0.6) is 0 Å². The second-order valence-electron chi connectivity index (χ2n) is 4.07. The number of ketones is 1. The largest absolute Gasteiger partial charge is 0.463 e. The van der Waals surface area contributed by atoms with Crippen molar-refractivity contribution >= 4 is 21.6 Å². The Morgan fingerprint density at radius 1 is 1.28 bits per heavy atom. The molecule has 1 aromatic carbocycles. The summed E-state index contributed by atoms with van der Waals surface area (Å²) in [6.45, 7) is 0. The molecule has 0 atom stereocenters. The third kappa shape index (κ3) is 2.15. The average molecular weight is 268 g/mol. The summed E-state index contributed by atoms with van der Waals surface area (Å²) in [6.07, 6.45) is 1.13. The Morgan fingerprint density at radius 2 is 2.00 bits per heavy atom. The Hall–Kier alpha value is -1.69. The van der Waals surface area contributed by atoms with Gasteiger partial charge in [0.15, 0.2) is 9.84 Å². The number of sulfone groups is 1. The highest BCUT2D eigenvalue weighted by Crippen LogP contribution is 2.26. The number of rotatable bonds is 2. The summed E-state index contributed by atoms with van der Waals surface area (Å²) in [5.74, 6) is -1.58. The van der Waals surface area contributed by atoms with E-state index in [9.17, 15) is 18.0 Å². The molecule has 1 heterocycles. The van der Waals surface area contributed by atoms with Crippen LogP contribution in [0.3, 0.4) is 0 Å². The van der Waals surface area contributed by atoms with Crippen molar-refractivity contribution < 1.29 is 22.7 Å². The number of hydrogen-bond acceptors (Lipinski definition) is 5. The Bertz CT molecular complexity index is 615. The molecular weight excluding hydrogens is 256 g/mol. The molecule has 0 fully saturated rings. The van der Waals surface area contributed by atoms with Gasteiger partial charge in [-0.1, -0.05) is 0 Å². The SMILES string of the molecule is COC(=O)C(=O)c1ccc2c(c1)CCCS2(=O)=O. The number of Topliss-reactive ketones (excluding diaryl/α,β-unsaturated/α-hetero) is 1. The lowest BCUT2D eigenvalue weighted by Crippen LogP contribution is -2.19. The zero-order valence-corrected chi connectivity index (χ0v) is 10.6. The molecule has 0 amide bonds. The van der Waals surface area contributed by atoms with Crippen molar-refractivity contribution in [3.05, 3.63) is 29.3 Å². The Kier molecular flexibility index (Phi) is 3.21. The van der Waals surface area contributed by atoms with Gasteiger partial charge >= 0.3 is 5.97 Å². The number of hydrogen-bond donors (Lipinski definition) is 0. The molecule has 0 aromatic heterocycles. The first-order valence-corrected chi connectivity index (χ1v) is 7.09. The molecule has 5 nitrogen and oxygen atoms in total. The molecule has 18 heavy (non-hydrogen) atoms. The second kappa shape index (κ2) is 4.53. The molecule has 0 spiro atoms. The molecule has 96 valence electrons. The van der Waals surface area contributed by atoms with Crippen molar-refractivity contribution in [1.82, 2.24) is 0 Å². The zero-order chi connectivity index (χ0) is 13.3. The van der Waals surface area contributed by atoms with Crippen LogP contribution in [0, 0.1) is 0 Å². The predicted octanol–water partition coefficient (Wildman–Crippen LogP) is 0.762. The maximum Gasteiger partial charge on any atom is 0.379 e. The second-order valence-corrected chi connectivity index (χ2v) is 6.14. The number of esters is 1. The summed E-state index contributed by atoms with van der Waals surface area (Å²) >= 11 is 0. The Morgan fingerprint density at radius 3 is 2.67 bits per heavy atom. The summed E-state index contributed by atoms with van der Waals surface area (Å²) in [4.78, 5) is 23.0. The van der Waals surface area contributed by atoms with Gasteiger partial charge < -0.3 is 4.74 Å². The lowest BCUT2D eigenvalue weighted by atomic mass is 10.0. The number of fused-ring (bicyclic) bond motifs is 1. The summed E-state index contributed by atoms with van der Waals surface area (Å²) in [5, 5.41) is 0. The molecule has 0 aliphatic carbocycles. The maximum absolute atomic E-state index is 11.8. The lowest BCUT2D eigenvalue weighted by Gasteiger charge is -2.16. The molecule has 6 heteroatoms. The number of carbonyl (C=O) groups excluding carboxylic acids is 2. The molecule has 2 rings (SSSR count). The van der Waals surface area contributed by atoms with Gasteiger partial charge in [-0.2, -0.15) is 0 Å². The van der Waals surface area contributed by atoms with E-state index in [2.05, 4.69) is 4.74 Å². The van der Waals surface area contributed by atoms with Crippen molar-refractivity contribution in [1.29, 1.82) is 0 Å². The summed E-state index contributed by atoms with van der Waals surface area (Å²) < 4.78 is 27.9. The minimum absolute atomic E-state index is 0.129. The van der Waals surface area contributed by atoms with E-state index in [1.807, 2.05) is 0 Å². The highest BCUT2D eigenvalue weighted by atomic mass is 32.2. The molecule has 1 aliphatic heterocycles. The Labute approximate surface area is 105 Å². The van der Waals surface area contributed by atoms with Crippen LogP contribution in [-0.4, -0.2) is 33.0 Å². The molecule has 0 unspecified atom stereocenters. The van der Waals surface area contributed by atoms with Crippen molar-refractivity contribution in [2.75, 3.05) is 12.9 Å². The summed E-state index contributed by atoms with van der Waals surface area (Å²) in [5.41, 5.74) is 0.758. The van der Waals surface area contributed by atoms with Crippen LogP contribution in [0.25, 0.3) is 0 Å². The molecule has 0 N–H and O–H groups in total. The van der Waals surface area contributed by atoms with Crippen molar-refractivity contribution in [2.24, 2.45) is 0 Å². The normalized spacial score (nSPS) is 16.7. The fourth-order valence-corrected chi connectivity index (χ4v) is 3.57. The smallest absolute Gasteiger partial charge is 0.379 e. The van der Waals surface area contributed by atoms with E-state index in [-0.39, 0.29) is 16.2 Å². The average Bonchev–Trinajstić information content (AvgIpc) is 2.36. The lowest BCUT2D eigenvalue weighted by molar-refractivity contribution is -0.135. The van der Waals surface area contributed by atoms with Gasteiger partial charge in [0.25, 0.3) is 5.78 Å². The number of carbonyl (C=O) groups is 2. The van der Waals surface area contributed by atoms with E-state index < -0.39 is 21.6 Å². The fourth-order valence-electron chi connectivity index (χ4n) is 1.99. The quantitative estimate of drug-likeness (QED) is 0.449. The first-order chi connectivity index (χ1) is 8.45. The van der Waals surface area contributed by atoms with Gasteiger partial charge in [0.1, 0.15) is 0 Å². The van der Waals surface area contributed by atoms with Crippen LogP contribution in [0.15, 0.2) is 23.1 Å². The van der Waals surface area contributed by atoms with Crippen LogP contribution in [0.4, 0.5) is 0 Å². The van der Waals surface area contributed by atoms with Gasteiger partial charge in [0.05, 0.1) is 17.8 Å². The highest BCUT2D eigenvalue weighted by Gasteiger charge is 2.25. The van der Waals surface area contributed by atoms with Crippen LogP contribution < -0.4 is 0 Å². The van der Waals surface area contributed by atoms with E-state index in [0.29, 0.717) is 18.4 Å². The van der Waals surface area contributed by atoms with E-state index in [1.54, 1.807) is 0 Å². The van der Waals surface area contributed by atoms with E-state index in [4.69, 9.17) is 0 Å². The predicted molar refractivity (Wildman–Crippen MR) is 63.2 cm³/mol. The third-order valence-electron chi connectivity index (χ3n) is 2.89. The molecule has 0 saturated heterocycles. The Balaban J connectivity index is 2.46. The zero-order valence-electron chi connectivity index (χ0n) is 9.80. The molecule has 1 aliphatic rings. The number of aryl methyl sites for hydroxylation is 1.